The average Bonchev–Trinajstić information content (AvgIpc) is 3.37. The number of fused-ring (bicyclic) bond motifs is 2. The van der Waals surface area contributed by atoms with Crippen molar-refractivity contribution in [2.75, 3.05) is 6.54 Å². The van der Waals surface area contributed by atoms with Gasteiger partial charge in [0.25, 0.3) is 11.8 Å². The summed E-state index contributed by atoms with van der Waals surface area (Å²) in [7, 11) is 0. The van der Waals surface area contributed by atoms with Crippen molar-refractivity contribution in [3.05, 3.63) is 106 Å². The minimum atomic E-state index is -0.670. The number of nitrogens with zero attached hydrogens (tertiary/aromatic N) is 2. The van der Waals surface area contributed by atoms with E-state index in [0.717, 1.165) is 41.5 Å². The van der Waals surface area contributed by atoms with E-state index in [1.807, 2.05) is 69.3 Å². The maximum atomic E-state index is 13.8. The summed E-state index contributed by atoms with van der Waals surface area (Å²) in [5.74, 6) is 0.0907. The first kappa shape index (κ1) is 35.5. The molecule has 0 bridgehead atoms. The third kappa shape index (κ3) is 7.40. The Morgan fingerprint density at radius 1 is 0.824 bits per heavy atom. The van der Waals surface area contributed by atoms with Crippen molar-refractivity contribution in [1.82, 2.24) is 15.1 Å². The lowest BCUT2D eigenvalue weighted by Gasteiger charge is -2.51. The van der Waals surface area contributed by atoms with Gasteiger partial charge in [-0.15, -0.1) is 0 Å². The summed E-state index contributed by atoms with van der Waals surface area (Å²) in [5.41, 5.74) is 4.07. The highest BCUT2D eigenvalue weighted by atomic mass is 16.7. The molecule has 3 aliphatic heterocycles. The van der Waals surface area contributed by atoms with Gasteiger partial charge in [0.15, 0.2) is 6.29 Å². The van der Waals surface area contributed by atoms with E-state index >= 15 is 0 Å². The average molecular weight is 694 g/mol. The monoisotopic (exact) mass is 693 g/mol. The van der Waals surface area contributed by atoms with E-state index < -0.39 is 6.29 Å². The van der Waals surface area contributed by atoms with Crippen LogP contribution in [0.5, 0.6) is 0 Å². The second kappa shape index (κ2) is 14.6. The third-order valence-corrected chi connectivity index (χ3v) is 11.3. The Bertz CT molecular complexity index is 1700. The number of benzene rings is 3. The molecular weight excluding hydrogens is 642 g/mol. The quantitative estimate of drug-likeness (QED) is 0.253. The number of aliphatic hydroxyl groups is 1. The van der Waals surface area contributed by atoms with Gasteiger partial charge in [0.05, 0.1) is 42.5 Å². The number of imide groups is 1. The number of rotatable bonds is 8. The lowest BCUT2D eigenvalue weighted by molar-refractivity contribution is -0.278. The van der Waals surface area contributed by atoms with Gasteiger partial charge >= 0.3 is 0 Å². The second-order valence-corrected chi connectivity index (χ2v) is 15.9. The SMILES string of the molecule is C[C@H]1[C@@H](CN2[C@@H](C(=O)NC(C)(C)C)CC[C@H]3CCCC[C@H]32)O[C@@H](c2ccc(CN3C(=O)c4ccccc4C3=O)cc2)O[C@H]1c1ccc(CO)cc1. The summed E-state index contributed by atoms with van der Waals surface area (Å²) in [4.78, 5) is 43.6. The lowest BCUT2D eigenvalue weighted by Crippen LogP contribution is -2.61. The highest BCUT2D eigenvalue weighted by Crippen LogP contribution is 2.44. The van der Waals surface area contributed by atoms with Crippen LogP contribution in [0.15, 0.2) is 72.8 Å². The van der Waals surface area contributed by atoms with E-state index in [1.54, 1.807) is 24.3 Å². The van der Waals surface area contributed by atoms with Crippen molar-refractivity contribution in [3.8, 4) is 0 Å². The molecule has 2 saturated heterocycles. The topological polar surface area (TPSA) is 108 Å². The number of likely N-dealkylation sites (tertiary alicyclic amines) is 1. The zero-order chi connectivity index (χ0) is 35.9. The van der Waals surface area contributed by atoms with Gasteiger partial charge in [-0.3, -0.25) is 24.2 Å². The van der Waals surface area contributed by atoms with Crippen molar-refractivity contribution in [1.29, 1.82) is 0 Å². The molecular formula is C42H51N3O6. The number of nitrogens with one attached hydrogen (secondary N) is 1. The summed E-state index contributed by atoms with van der Waals surface area (Å²) < 4.78 is 13.6. The van der Waals surface area contributed by atoms with Gasteiger partial charge in [0, 0.05) is 29.6 Å². The Morgan fingerprint density at radius 3 is 2.10 bits per heavy atom. The van der Waals surface area contributed by atoms with Crippen LogP contribution >= 0.6 is 0 Å². The molecule has 7 atom stereocenters. The number of piperidine rings is 1. The van der Waals surface area contributed by atoms with Gasteiger partial charge < -0.3 is 19.9 Å². The van der Waals surface area contributed by atoms with Crippen LogP contribution in [0.4, 0.5) is 0 Å². The summed E-state index contributed by atoms with van der Waals surface area (Å²) in [6.07, 6.45) is 5.44. The van der Waals surface area contributed by atoms with Crippen LogP contribution in [0.1, 0.15) is 122 Å². The van der Waals surface area contributed by atoms with Crippen molar-refractivity contribution >= 4 is 17.7 Å². The van der Waals surface area contributed by atoms with Crippen LogP contribution in [0.3, 0.4) is 0 Å². The fourth-order valence-electron chi connectivity index (χ4n) is 8.61. The molecule has 0 radical (unpaired) electrons. The van der Waals surface area contributed by atoms with Crippen LogP contribution in [0.25, 0.3) is 0 Å². The smallest absolute Gasteiger partial charge is 0.261 e. The maximum absolute atomic E-state index is 13.8. The zero-order valence-corrected chi connectivity index (χ0v) is 30.2. The molecule has 4 aliphatic rings. The fourth-order valence-corrected chi connectivity index (χ4v) is 8.61. The molecule has 0 aromatic heterocycles. The normalized spacial score (nSPS) is 28.3. The lowest BCUT2D eigenvalue weighted by atomic mass is 9.75. The number of amides is 3. The Hall–Kier alpha value is -3.89. The molecule has 0 spiro atoms. The van der Waals surface area contributed by atoms with Gasteiger partial charge in [-0.1, -0.05) is 80.4 Å². The van der Waals surface area contributed by atoms with Crippen molar-refractivity contribution in [2.45, 2.75) is 115 Å². The van der Waals surface area contributed by atoms with Gasteiger partial charge in [-0.2, -0.15) is 0 Å². The molecule has 3 amide bonds. The third-order valence-electron chi connectivity index (χ3n) is 11.3. The Labute approximate surface area is 301 Å². The molecule has 3 fully saturated rings. The highest BCUT2D eigenvalue weighted by Gasteiger charge is 2.46. The second-order valence-electron chi connectivity index (χ2n) is 15.9. The van der Waals surface area contributed by atoms with Crippen LogP contribution < -0.4 is 5.32 Å². The van der Waals surface area contributed by atoms with E-state index in [9.17, 15) is 19.5 Å². The minimum Gasteiger partial charge on any atom is -0.392 e. The molecule has 7 rings (SSSR count). The maximum Gasteiger partial charge on any atom is 0.261 e. The fraction of sp³-hybridized carbons (Fsp3) is 0.500. The zero-order valence-electron chi connectivity index (χ0n) is 30.2. The predicted molar refractivity (Wildman–Crippen MR) is 193 cm³/mol. The molecule has 3 heterocycles. The molecule has 1 saturated carbocycles. The molecule has 3 aromatic carbocycles. The summed E-state index contributed by atoms with van der Waals surface area (Å²) in [5, 5.41) is 13.0. The highest BCUT2D eigenvalue weighted by molar-refractivity contribution is 6.21. The molecule has 51 heavy (non-hydrogen) atoms. The molecule has 3 aromatic rings. The van der Waals surface area contributed by atoms with Gasteiger partial charge in [-0.05, 0) is 81.2 Å². The van der Waals surface area contributed by atoms with Crippen LogP contribution in [-0.4, -0.2) is 62.9 Å². The largest absolute Gasteiger partial charge is 0.392 e. The first-order valence-electron chi connectivity index (χ1n) is 18.6. The number of carbonyl (C=O) groups is 3. The molecule has 0 unspecified atom stereocenters. The number of hydrogen-bond acceptors (Lipinski definition) is 7. The van der Waals surface area contributed by atoms with Crippen molar-refractivity contribution in [3.63, 3.8) is 0 Å². The first-order valence-corrected chi connectivity index (χ1v) is 18.6. The first-order chi connectivity index (χ1) is 24.5. The van der Waals surface area contributed by atoms with Crippen LogP contribution in [0, 0.1) is 11.8 Å². The Balaban J connectivity index is 1.15. The Kier molecular flexibility index (Phi) is 10.2. The van der Waals surface area contributed by atoms with Crippen LogP contribution in [-0.2, 0) is 27.4 Å². The minimum absolute atomic E-state index is 0.0235. The van der Waals surface area contributed by atoms with E-state index in [2.05, 4.69) is 17.1 Å². The van der Waals surface area contributed by atoms with Gasteiger partial charge in [-0.25, -0.2) is 0 Å². The van der Waals surface area contributed by atoms with E-state index in [1.165, 1.54) is 24.2 Å². The number of aliphatic hydroxyl groups excluding tert-OH is 1. The number of ether oxygens (including phenoxy) is 2. The summed E-state index contributed by atoms with van der Waals surface area (Å²) in [6, 6.07) is 22.7. The van der Waals surface area contributed by atoms with Crippen LogP contribution in [0.2, 0.25) is 0 Å². The standard InChI is InChI=1S/C42H51N3O6/c1-26-36(24-44-34-12-8-5-9-29(34)21-22-35(44)38(47)43-42(2,3)4)50-41(51-37(26)30-17-15-28(25-46)16-18-30)31-19-13-27(14-20-31)23-45-39(48)32-10-6-7-11-33(32)40(45)49/h6-7,10-11,13-20,26,29,34-37,41,46H,5,8-9,12,21-25H2,1-4H3,(H,43,47)/t26-,29+,34+,35+,36+,37+,41+/m0/s1. The van der Waals surface area contributed by atoms with Crippen molar-refractivity contribution in [2.24, 2.45) is 11.8 Å². The summed E-state index contributed by atoms with van der Waals surface area (Å²) in [6.45, 7) is 9.04. The molecule has 9 heteroatoms. The number of hydrogen-bond donors (Lipinski definition) is 2. The van der Waals surface area contributed by atoms with E-state index in [-0.39, 0.29) is 60.6 Å². The van der Waals surface area contributed by atoms with Crippen molar-refractivity contribution < 1.29 is 29.0 Å². The molecule has 2 N–H and O–H groups in total. The van der Waals surface area contributed by atoms with E-state index in [4.69, 9.17) is 9.47 Å². The molecule has 270 valence electrons. The summed E-state index contributed by atoms with van der Waals surface area (Å²) >= 11 is 0. The Morgan fingerprint density at radius 2 is 1.45 bits per heavy atom. The predicted octanol–water partition coefficient (Wildman–Crippen LogP) is 6.70. The van der Waals surface area contributed by atoms with E-state index in [0.29, 0.717) is 29.6 Å². The molecule has 9 nitrogen and oxygen atoms in total. The van der Waals surface area contributed by atoms with Gasteiger partial charge in [0.1, 0.15) is 0 Å². The van der Waals surface area contributed by atoms with Gasteiger partial charge in [0.2, 0.25) is 5.91 Å². The molecule has 1 aliphatic carbocycles. The number of carbonyl (C=O) groups excluding carboxylic acids is 3.